The van der Waals surface area contributed by atoms with E-state index in [1.807, 2.05) is 6.92 Å². The summed E-state index contributed by atoms with van der Waals surface area (Å²) in [5, 5.41) is 58.3. The second kappa shape index (κ2) is 17.8. The SMILES string of the molecule is COC1OC(C(=O)O)C(OC2OC(C(=O)Nc3ccc(/C=N/S(=O)(=O)c4ccc(-n5nc(C(F)(F)F)cc5-c5ccc(C)cc5)cc4)cc3)C(OC)C(O)C2O)C(O)C1O. The number of carboxylic acid groups (broad SMARTS) is 1. The summed E-state index contributed by atoms with van der Waals surface area (Å²) in [6.45, 7) is 1.83. The molecule has 0 aliphatic carbocycles. The van der Waals surface area contributed by atoms with Gasteiger partial charge in [0.2, 0.25) is 0 Å². The number of anilines is 1. The first-order valence-electron chi connectivity index (χ1n) is 17.9. The number of carbonyl (C=O) groups excluding carboxylic acids is 1. The quantitative estimate of drug-likeness (QED) is 0.111. The van der Waals surface area contributed by atoms with Crippen LogP contribution >= 0.6 is 0 Å². The molecule has 0 spiro atoms. The number of hydrogen-bond donors (Lipinski definition) is 6. The molecule has 3 aromatic carbocycles. The first-order valence-corrected chi connectivity index (χ1v) is 19.3. The van der Waals surface area contributed by atoms with E-state index in [0.717, 1.165) is 36.7 Å². The molecule has 4 aromatic rings. The van der Waals surface area contributed by atoms with Gasteiger partial charge in [0, 0.05) is 31.7 Å². The molecule has 2 saturated heterocycles. The van der Waals surface area contributed by atoms with Gasteiger partial charge in [-0.05, 0) is 55.0 Å². The Morgan fingerprint density at radius 2 is 1.43 bits per heavy atom. The summed E-state index contributed by atoms with van der Waals surface area (Å²) in [6, 6.07) is 18.2. The monoisotopic (exact) mass is 864 g/mol. The molecule has 1 amide bonds. The number of nitrogens with zero attached hydrogens (tertiary/aromatic N) is 3. The molecule has 0 saturated carbocycles. The molecule has 60 heavy (non-hydrogen) atoms. The Hall–Kier alpha value is -5.14. The highest BCUT2D eigenvalue weighted by molar-refractivity contribution is 7.90. The predicted molar refractivity (Wildman–Crippen MR) is 200 cm³/mol. The van der Waals surface area contributed by atoms with E-state index in [0.29, 0.717) is 5.56 Å². The van der Waals surface area contributed by atoms with E-state index in [1.165, 1.54) is 48.5 Å². The first kappa shape index (κ1) is 44.4. The van der Waals surface area contributed by atoms with Crippen molar-refractivity contribution in [2.24, 2.45) is 4.40 Å². The number of aliphatic carboxylic acids is 1. The van der Waals surface area contributed by atoms with Crippen LogP contribution in [-0.2, 0) is 49.5 Å². The lowest BCUT2D eigenvalue weighted by molar-refractivity contribution is -0.348. The van der Waals surface area contributed by atoms with Crippen molar-refractivity contribution in [1.29, 1.82) is 0 Å². The van der Waals surface area contributed by atoms with E-state index in [4.69, 9.17) is 23.7 Å². The number of methoxy groups -OCH3 is 2. The van der Waals surface area contributed by atoms with Gasteiger partial charge in [-0.2, -0.15) is 31.1 Å². The summed E-state index contributed by atoms with van der Waals surface area (Å²) >= 11 is 0. The Kier molecular flexibility index (Phi) is 13.2. The third kappa shape index (κ3) is 9.42. The molecule has 22 heteroatoms. The van der Waals surface area contributed by atoms with Crippen molar-refractivity contribution in [2.45, 2.75) is 79.4 Å². The van der Waals surface area contributed by atoms with E-state index in [-0.39, 0.29) is 27.5 Å². The van der Waals surface area contributed by atoms with Crippen LogP contribution in [0.2, 0.25) is 0 Å². The van der Waals surface area contributed by atoms with Crippen molar-refractivity contribution >= 4 is 33.8 Å². The summed E-state index contributed by atoms with van der Waals surface area (Å²) in [5.74, 6) is -2.56. The van der Waals surface area contributed by atoms with Gasteiger partial charge < -0.3 is 54.5 Å². The number of halogens is 3. The fourth-order valence-corrected chi connectivity index (χ4v) is 7.29. The summed E-state index contributed by atoms with van der Waals surface area (Å²) in [5.41, 5.74) is 0.935. The number of carbonyl (C=O) groups is 2. The molecule has 2 aliphatic rings. The van der Waals surface area contributed by atoms with Crippen molar-refractivity contribution in [1.82, 2.24) is 9.78 Å². The van der Waals surface area contributed by atoms with Crippen LogP contribution in [-0.4, -0.2) is 137 Å². The molecular weight excluding hydrogens is 825 g/mol. The van der Waals surface area contributed by atoms with E-state index in [2.05, 4.69) is 14.8 Å². The summed E-state index contributed by atoms with van der Waals surface area (Å²) in [6.07, 6.45) is -21.7. The minimum absolute atomic E-state index is 0.138. The predicted octanol–water partition coefficient (Wildman–Crippen LogP) is 1.64. The number of aromatic nitrogens is 2. The van der Waals surface area contributed by atoms with Gasteiger partial charge in [-0.25, -0.2) is 9.48 Å². The molecule has 10 unspecified atom stereocenters. The van der Waals surface area contributed by atoms with Gasteiger partial charge in [0.15, 0.2) is 30.5 Å². The number of carboxylic acids is 1. The zero-order valence-corrected chi connectivity index (χ0v) is 32.5. The van der Waals surface area contributed by atoms with Crippen LogP contribution in [0.1, 0.15) is 16.8 Å². The number of hydrogen-bond acceptors (Lipinski definition) is 14. The van der Waals surface area contributed by atoms with Crippen LogP contribution in [0.4, 0.5) is 18.9 Å². The molecule has 1 aromatic heterocycles. The lowest BCUT2D eigenvalue weighted by atomic mass is 9.96. The summed E-state index contributed by atoms with van der Waals surface area (Å²) in [7, 11) is -2.09. The fraction of sp³-hybridized carbons (Fsp3) is 0.368. The maximum absolute atomic E-state index is 13.6. The van der Waals surface area contributed by atoms with Gasteiger partial charge >= 0.3 is 12.1 Å². The van der Waals surface area contributed by atoms with E-state index in [9.17, 15) is 56.7 Å². The van der Waals surface area contributed by atoms with Gasteiger partial charge in [-0.15, -0.1) is 0 Å². The average Bonchev–Trinajstić information content (AvgIpc) is 3.68. The Morgan fingerprint density at radius 1 is 0.833 bits per heavy atom. The van der Waals surface area contributed by atoms with E-state index < -0.39 is 95.2 Å². The molecule has 2 fully saturated rings. The minimum Gasteiger partial charge on any atom is -0.479 e. The highest BCUT2D eigenvalue weighted by atomic mass is 32.2. The van der Waals surface area contributed by atoms with Crippen LogP contribution in [0.5, 0.6) is 0 Å². The van der Waals surface area contributed by atoms with Gasteiger partial charge in [0.05, 0.1) is 16.3 Å². The Labute approximate surface area is 339 Å². The normalized spacial score (nSPS) is 27.5. The molecular formula is C38H39F3N4O14S. The van der Waals surface area contributed by atoms with E-state index in [1.54, 1.807) is 24.3 Å². The lowest BCUT2D eigenvalue weighted by Crippen LogP contribution is -2.66. The van der Waals surface area contributed by atoms with Gasteiger partial charge in [0.1, 0.15) is 36.6 Å². The Bertz CT molecular complexity index is 2290. The Balaban J connectivity index is 1.13. The second-order valence-corrected chi connectivity index (χ2v) is 15.3. The summed E-state index contributed by atoms with van der Waals surface area (Å²) < 4.78 is 98.2. The third-order valence-electron chi connectivity index (χ3n) is 9.63. The molecule has 18 nitrogen and oxygen atoms in total. The minimum atomic E-state index is -4.73. The van der Waals surface area contributed by atoms with Crippen LogP contribution in [0.3, 0.4) is 0 Å². The van der Waals surface area contributed by atoms with Crippen LogP contribution in [0, 0.1) is 6.92 Å². The van der Waals surface area contributed by atoms with Crippen molar-refractivity contribution in [2.75, 3.05) is 19.5 Å². The maximum atomic E-state index is 13.6. The highest BCUT2D eigenvalue weighted by Crippen LogP contribution is 2.34. The number of aliphatic hydroxyl groups is 4. The van der Waals surface area contributed by atoms with Crippen molar-refractivity contribution in [3.05, 3.63) is 95.7 Å². The molecule has 0 bridgehead atoms. The van der Waals surface area contributed by atoms with Gasteiger partial charge in [0.25, 0.3) is 15.9 Å². The highest BCUT2D eigenvalue weighted by Gasteiger charge is 2.54. The molecule has 6 N–H and O–H groups in total. The Morgan fingerprint density at radius 3 is 2.02 bits per heavy atom. The second-order valence-electron chi connectivity index (χ2n) is 13.7. The number of amides is 1. The summed E-state index contributed by atoms with van der Waals surface area (Å²) in [4.78, 5) is 25.0. The molecule has 3 heterocycles. The number of sulfonamides is 1. The molecule has 322 valence electrons. The van der Waals surface area contributed by atoms with E-state index >= 15 is 0 Å². The van der Waals surface area contributed by atoms with Crippen molar-refractivity contribution in [3.63, 3.8) is 0 Å². The average molecular weight is 865 g/mol. The zero-order chi connectivity index (χ0) is 43.7. The maximum Gasteiger partial charge on any atom is 0.435 e. The number of nitrogens with one attached hydrogen (secondary N) is 1. The number of ether oxygens (including phenoxy) is 5. The lowest BCUT2D eigenvalue weighted by Gasteiger charge is -2.45. The zero-order valence-electron chi connectivity index (χ0n) is 31.7. The van der Waals surface area contributed by atoms with Crippen LogP contribution < -0.4 is 5.32 Å². The molecule has 6 rings (SSSR count). The smallest absolute Gasteiger partial charge is 0.435 e. The first-order chi connectivity index (χ1) is 28.3. The molecule has 2 aliphatic heterocycles. The van der Waals surface area contributed by atoms with Crippen molar-refractivity contribution < 1.29 is 80.4 Å². The van der Waals surface area contributed by atoms with Crippen LogP contribution in [0.25, 0.3) is 16.9 Å². The topological polar surface area (TPSA) is 258 Å². The van der Waals surface area contributed by atoms with Gasteiger partial charge in [-0.1, -0.05) is 42.0 Å². The van der Waals surface area contributed by atoms with Crippen LogP contribution in [0.15, 0.2) is 88.2 Å². The number of rotatable bonds is 12. The van der Waals surface area contributed by atoms with Crippen molar-refractivity contribution in [3.8, 4) is 16.9 Å². The van der Waals surface area contributed by atoms with Gasteiger partial charge in [-0.3, -0.25) is 4.79 Å². The molecule has 10 atom stereocenters. The molecule has 0 radical (unpaired) electrons. The largest absolute Gasteiger partial charge is 0.479 e. The standard InChI is InChI=1S/C38H39F3N4O14S/c1-18-4-8-20(9-5-18)24-16-25(38(39,40)41)44-45(24)22-12-14-23(15-13-22)60(53,54)42-17-19-6-10-21(11-7-19)43-34(50)32-30(55-2)26(46)29(49)37(58-32)57-31-27(47)28(48)36(56-3)59-33(31)35(51)52/h4-17,26-33,36-37,46-49H,1-3H3,(H,43,50)(H,51,52)/b42-17+. The number of alkyl halides is 3. The fourth-order valence-electron chi connectivity index (χ4n) is 6.42. The third-order valence-corrected chi connectivity index (χ3v) is 10.9. The number of benzene rings is 3. The number of aryl methyl sites for hydroxylation is 1. The number of aliphatic hydroxyl groups excluding tert-OH is 4.